The topological polar surface area (TPSA) is 81.7 Å². The first-order valence-electron chi connectivity index (χ1n) is 8.27. The Labute approximate surface area is 142 Å². The van der Waals surface area contributed by atoms with E-state index in [1.165, 1.54) is 0 Å². The third-order valence-electron chi connectivity index (χ3n) is 3.98. The van der Waals surface area contributed by atoms with Crippen molar-refractivity contribution >= 4 is 17.0 Å². The maximum atomic E-state index is 6.25. The van der Waals surface area contributed by atoms with Gasteiger partial charge in [-0.15, -0.1) is 0 Å². The maximum Gasteiger partial charge on any atom is 0.225 e. The fraction of sp³-hybridized carbons (Fsp3) is 0.389. The number of benzene rings is 1. The molecule has 0 saturated carbocycles. The normalized spacial score (nSPS) is 12.7. The molecule has 0 fully saturated rings. The number of anilines is 1. The molecule has 2 heterocycles. The Morgan fingerprint density at radius 3 is 2.62 bits per heavy atom. The predicted molar refractivity (Wildman–Crippen MR) is 96.7 cm³/mol. The van der Waals surface area contributed by atoms with E-state index in [-0.39, 0.29) is 6.04 Å². The Morgan fingerprint density at radius 2 is 1.92 bits per heavy atom. The van der Waals surface area contributed by atoms with Crippen molar-refractivity contribution < 1.29 is 0 Å². The molecule has 0 bridgehead atoms. The van der Waals surface area contributed by atoms with E-state index in [0.717, 1.165) is 28.7 Å². The molecule has 1 atom stereocenters. The highest BCUT2D eigenvalue weighted by atomic mass is 15.3. The number of aromatic nitrogens is 4. The van der Waals surface area contributed by atoms with Gasteiger partial charge in [0.25, 0.3) is 0 Å². The minimum absolute atomic E-state index is 0.106. The van der Waals surface area contributed by atoms with Gasteiger partial charge in [0.1, 0.15) is 0 Å². The second kappa shape index (κ2) is 6.97. The van der Waals surface area contributed by atoms with Gasteiger partial charge in [-0.25, -0.2) is 4.98 Å². The van der Waals surface area contributed by atoms with E-state index in [2.05, 4.69) is 34.2 Å². The van der Waals surface area contributed by atoms with Crippen molar-refractivity contribution in [2.75, 3.05) is 11.9 Å². The van der Waals surface area contributed by atoms with E-state index >= 15 is 0 Å². The molecule has 0 aliphatic carbocycles. The van der Waals surface area contributed by atoms with Gasteiger partial charge < -0.3 is 11.1 Å². The van der Waals surface area contributed by atoms with Crippen LogP contribution in [0.1, 0.15) is 31.1 Å². The lowest BCUT2D eigenvalue weighted by molar-refractivity contribution is 0.638. The summed E-state index contributed by atoms with van der Waals surface area (Å²) in [6.45, 7) is 4.94. The predicted octanol–water partition coefficient (Wildman–Crippen LogP) is 2.67. The largest absolute Gasteiger partial charge is 0.352 e. The van der Waals surface area contributed by atoms with Gasteiger partial charge in [-0.05, 0) is 17.9 Å². The molecule has 0 radical (unpaired) electrons. The van der Waals surface area contributed by atoms with Gasteiger partial charge in [0, 0.05) is 19.6 Å². The summed E-state index contributed by atoms with van der Waals surface area (Å²) in [5.74, 6) is 1.12. The average Bonchev–Trinajstić information content (AvgIpc) is 2.94. The molecule has 1 unspecified atom stereocenters. The van der Waals surface area contributed by atoms with Crippen molar-refractivity contribution in [3.05, 3.63) is 47.8 Å². The number of hydrogen-bond acceptors (Lipinski definition) is 5. The molecule has 0 aliphatic heterocycles. The number of fused-ring (bicyclic) bond motifs is 1. The highest BCUT2D eigenvalue weighted by molar-refractivity contribution is 5.78. The molecule has 1 aromatic carbocycles. The molecular formula is C18H24N6. The summed E-state index contributed by atoms with van der Waals surface area (Å²) in [5.41, 5.74) is 9.21. The summed E-state index contributed by atoms with van der Waals surface area (Å²) < 4.78 is 1.78. The van der Waals surface area contributed by atoms with Gasteiger partial charge in [-0.3, -0.25) is 4.68 Å². The van der Waals surface area contributed by atoms with Crippen molar-refractivity contribution in [1.82, 2.24) is 19.7 Å². The molecule has 6 nitrogen and oxygen atoms in total. The van der Waals surface area contributed by atoms with Crippen molar-refractivity contribution in [3.8, 4) is 0 Å². The van der Waals surface area contributed by atoms with E-state index in [9.17, 15) is 0 Å². The zero-order valence-corrected chi connectivity index (χ0v) is 14.4. The third-order valence-corrected chi connectivity index (χ3v) is 3.98. The molecular weight excluding hydrogens is 300 g/mol. The average molecular weight is 324 g/mol. The first-order valence-corrected chi connectivity index (χ1v) is 8.27. The van der Waals surface area contributed by atoms with Crippen LogP contribution < -0.4 is 11.1 Å². The lowest BCUT2D eigenvalue weighted by Gasteiger charge is -2.14. The number of nitrogens with one attached hydrogen (secondary N) is 1. The number of hydrogen-bond donors (Lipinski definition) is 2. The summed E-state index contributed by atoms with van der Waals surface area (Å²) in [6.07, 6.45) is 2.73. The molecule has 2 aromatic heterocycles. The fourth-order valence-corrected chi connectivity index (χ4v) is 2.72. The van der Waals surface area contributed by atoms with Crippen LogP contribution in [0, 0.1) is 5.92 Å². The molecule has 6 heteroatoms. The van der Waals surface area contributed by atoms with E-state index in [0.29, 0.717) is 18.4 Å². The molecule has 126 valence electrons. The van der Waals surface area contributed by atoms with Crippen LogP contribution in [0.2, 0.25) is 0 Å². The number of aryl methyl sites for hydroxylation is 1. The Kier molecular flexibility index (Phi) is 4.76. The van der Waals surface area contributed by atoms with Crippen LogP contribution >= 0.6 is 0 Å². The van der Waals surface area contributed by atoms with Crippen molar-refractivity contribution in [2.45, 2.75) is 26.3 Å². The van der Waals surface area contributed by atoms with E-state index in [1.807, 2.05) is 43.6 Å². The maximum absolute atomic E-state index is 6.25. The first-order chi connectivity index (χ1) is 11.5. The summed E-state index contributed by atoms with van der Waals surface area (Å²) in [7, 11) is 1.90. The van der Waals surface area contributed by atoms with E-state index in [4.69, 9.17) is 5.73 Å². The fourth-order valence-electron chi connectivity index (χ4n) is 2.72. The Hall–Kier alpha value is -2.47. The van der Waals surface area contributed by atoms with Gasteiger partial charge in [0.2, 0.25) is 5.95 Å². The summed E-state index contributed by atoms with van der Waals surface area (Å²) in [5, 5.41) is 8.60. The van der Waals surface area contributed by atoms with Gasteiger partial charge in [0.05, 0.1) is 17.3 Å². The van der Waals surface area contributed by atoms with Crippen LogP contribution in [0.3, 0.4) is 0 Å². The molecule has 3 N–H and O–H groups in total. The summed E-state index contributed by atoms with van der Waals surface area (Å²) in [6, 6.07) is 9.93. The Balaban J connectivity index is 1.82. The van der Waals surface area contributed by atoms with Crippen molar-refractivity contribution in [1.29, 1.82) is 0 Å². The van der Waals surface area contributed by atoms with Crippen LogP contribution in [0.15, 0.2) is 36.5 Å². The van der Waals surface area contributed by atoms with Crippen molar-refractivity contribution in [2.24, 2.45) is 18.7 Å². The number of rotatable bonds is 6. The Bertz CT molecular complexity index is 809. The van der Waals surface area contributed by atoms with Crippen LogP contribution in [-0.4, -0.2) is 26.3 Å². The molecule has 0 aliphatic rings. The lowest BCUT2D eigenvalue weighted by Crippen LogP contribution is -2.21. The molecule has 0 amide bonds. The minimum Gasteiger partial charge on any atom is -0.352 e. The second-order valence-electron chi connectivity index (χ2n) is 6.50. The van der Waals surface area contributed by atoms with Crippen LogP contribution in [-0.2, 0) is 13.5 Å². The van der Waals surface area contributed by atoms with Gasteiger partial charge in [0.15, 0.2) is 5.65 Å². The third kappa shape index (κ3) is 3.54. The minimum atomic E-state index is -0.106. The second-order valence-corrected chi connectivity index (χ2v) is 6.50. The highest BCUT2D eigenvalue weighted by Crippen LogP contribution is 2.20. The van der Waals surface area contributed by atoms with Gasteiger partial charge in [-0.2, -0.15) is 10.1 Å². The van der Waals surface area contributed by atoms with Gasteiger partial charge in [-0.1, -0.05) is 44.2 Å². The first kappa shape index (κ1) is 16.4. The Morgan fingerprint density at radius 1 is 1.17 bits per heavy atom. The number of nitrogens with two attached hydrogens (primary N) is 1. The monoisotopic (exact) mass is 324 g/mol. The zero-order valence-electron chi connectivity index (χ0n) is 14.4. The smallest absolute Gasteiger partial charge is 0.225 e. The molecule has 3 rings (SSSR count). The lowest BCUT2D eigenvalue weighted by atomic mass is 10.1. The quantitative estimate of drug-likeness (QED) is 0.728. The molecule has 0 saturated heterocycles. The van der Waals surface area contributed by atoms with E-state index in [1.54, 1.807) is 4.68 Å². The number of nitrogens with zero attached hydrogens (tertiary/aromatic N) is 4. The van der Waals surface area contributed by atoms with Crippen molar-refractivity contribution in [3.63, 3.8) is 0 Å². The summed E-state index contributed by atoms with van der Waals surface area (Å²) >= 11 is 0. The highest BCUT2D eigenvalue weighted by Gasteiger charge is 2.13. The zero-order chi connectivity index (χ0) is 17.1. The van der Waals surface area contributed by atoms with Gasteiger partial charge >= 0.3 is 0 Å². The van der Waals surface area contributed by atoms with Crippen LogP contribution in [0.5, 0.6) is 0 Å². The molecule has 24 heavy (non-hydrogen) atoms. The molecule has 0 spiro atoms. The summed E-state index contributed by atoms with van der Waals surface area (Å²) in [4.78, 5) is 9.28. The van der Waals surface area contributed by atoms with Crippen LogP contribution in [0.4, 0.5) is 5.95 Å². The standard InChI is InChI=1S/C18H24N6/c1-12(2)9-16-14-10-21-24(3)17(14)23-18(22-16)20-11-15(19)13-7-5-4-6-8-13/h4-8,10,12,15H,9,11,19H2,1-3H3,(H,20,22,23). The van der Waals surface area contributed by atoms with E-state index < -0.39 is 0 Å². The molecule has 3 aromatic rings. The van der Waals surface area contributed by atoms with Crippen LogP contribution in [0.25, 0.3) is 11.0 Å². The SMILES string of the molecule is CC(C)Cc1nc(NCC(N)c2ccccc2)nc2c1cnn2C.